The number of carbonyl (C=O) groups is 1. The first-order chi connectivity index (χ1) is 14.5. The summed E-state index contributed by atoms with van der Waals surface area (Å²) in [5.41, 5.74) is -4.44. The lowest BCUT2D eigenvalue weighted by molar-refractivity contribution is -0.138. The van der Waals surface area contributed by atoms with Crippen molar-refractivity contribution in [1.82, 2.24) is 0 Å². The van der Waals surface area contributed by atoms with Crippen LogP contribution in [-0.4, -0.2) is 29.9 Å². The second kappa shape index (κ2) is 8.73. The Bertz CT molecular complexity index is 1180. The van der Waals surface area contributed by atoms with E-state index in [1.807, 2.05) is 6.07 Å². The molecule has 0 saturated carbocycles. The van der Waals surface area contributed by atoms with Gasteiger partial charge in [-0.2, -0.15) is 18.4 Å². The van der Waals surface area contributed by atoms with E-state index < -0.39 is 49.1 Å². The molecule has 1 atom stereocenters. The molecule has 0 aliphatic heterocycles. The maximum atomic E-state index is 13.2. The lowest BCUT2D eigenvalue weighted by Crippen LogP contribution is -2.49. The number of hydrogen-bond acceptors (Lipinski definition) is 5. The number of aliphatic hydroxyl groups is 1. The first-order valence-corrected chi connectivity index (χ1v) is 11.2. The predicted octanol–water partition coefficient (Wildman–Crippen LogP) is 4.27. The highest BCUT2D eigenvalue weighted by Crippen LogP contribution is 2.35. The smallest absolute Gasteiger partial charge is 0.374 e. The molecule has 0 aliphatic carbocycles. The van der Waals surface area contributed by atoms with Crippen molar-refractivity contribution in [2.75, 3.05) is 11.1 Å². The van der Waals surface area contributed by atoms with Crippen molar-refractivity contribution in [2.24, 2.45) is 0 Å². The molecule has 0 spiro atoms. The first-order valence-electron chi connectivity index (χ1n) is 9.15. The van der Waals surface area contributed by atoms with Crippen LogP contribution in [-0.2, 0) is 26.4 Å². The van der Waals surface area contributed by atoms with E-state index in [1.54, 1.807) is 0 Å². The van der Waals surface area contributed by atoms with Gasteiger partial charge in [0, 0.05) is 5.69 Å². The predicted molar refractivity (Wildman–Crippen MR) is 114 cm³/mol. The zero-order chi connectivity index (χ0) is 24.5. The normalized spacial score (nSPS) is 14.3. The van der Waals surface area contributed by atoms with Crippen LogP contribution < -0.4 is 5.32 Å². The van der Waals surface area contributed by atoms with Gasteiger partial charge in [-0.3, -0.25) is 4.79 Å². The second-order valence-corrected chi connectivity index (χ2v) is 11.2. The van der Waals surface area contributed by atoms with Crippen LogP contribution in [0, 0.1) is 11.3 Å². The van der Waals surface area contributed by atoms with Crippen LogP contribution in [0.4, 0.5) is 18.9 Å². The van der Waals surface area contributed by atoms with E-state index in [2.05, 4.69) is 5.32 Å². The van der Waals surface area contributed by atoms with E-state index in [0.717, 1.165) is 18.2 Å². The number of benzene rings is 2. The number of alkyl halides is 3. The molecule has 1 amide bonds. The van der Waals surface area contributed by atoms with Gasteiger partial charge < -0.3 is 10.4 Å². The quantitative estimate of drug-likeness (QED) is 0.653. The van der Waals surface area contributed by atoms with Gasteiger partial charge in [0.15, 0.2) is 15.4 Å². The molecule has 2 aromatic carbocycles. The van der Waals surface area contributed by atoms with E-state index in [-0.39, 0.29) is 16.3 Å². The number of nitriles is 1. The van der Waals surface area contributed by atoms with E-state index in [1.165, 1.54) is 39.0 Å². The van der Waals surface area contributed by atoms with Gasteiger partial charge in [0.1, 0.15) is 6.07 Å². The molecule has 0 heterocycles. The molecule has 11 heteroatoms. The third kappa shape index (κ3) is 5.41. The van der Waals surface area contributed by atoms with E-state index >= 15 is 0 Å². The Labute approximate surface area is 188 Å². The molecule has 0 fully saturated rings. The summed E-state index contributed by atoms with van der Waals surface area (Å²) in [5.74, 6) is -2.44. The van der Waals surface area contributed by atoms with E-state index in [0.29, 0.717) is 6.07 Å². The summed E-state index contributed by atoms with van der Waals surface area (Å²) in [6.45, 7) is 4.02. The van der Waals surface area contributed by atoms with Crippen molar-refractivity contribution in [3.8, 4) is 6.07 Å². The second-order valence-electron chi connectivity index (χ2n) is 8.07. The molecular weight excluding hydrogens is 469 g/mol. The maximum Gasteiger partial charge on any atom is 0.416 e. The van der Waals surface area contributed by atoms with Crippen LogP contribution in [0.3, 0.4) is 0 Å². The van der Waals surface area contributed by atoms with E-state index in [9.17, 15) is 31.5 Å². The third-order valence-corrected chi connectivity index (χ3v) is 7.70. The van der Waals surface area contributed by atoms with Crippen LogP contribution in [0.2, 0.25) is 5.02 Å². The van der Waals surface area contributed by atoms with Crippen LogP contribution in [0.1, 0.15) is 37.5 Å². The lowest BCUT2D eigenvalue weighted by Gasteiger charge is -2.31. The number of amides is 1. The molecule has 2 rings (SSSR count). The number of anilines is 1. The van der Waals surface area contributed by atoms with E-state index in [4.69, 9.17) is 16.9 Å². The average Bonchev–Trinajstić information content (AvgIpc) is 2.66. The summed E-state index contributed by atoms with van der Waals surface area (Å²) in [5, 5.41) is 22.4. The Morgan fingerprint density at radius 2 is 1.72 bits per heavy atom. The molecule has 0 bridgehead atoms. The molecule has 6 nitrogen and oxygen atoms in total. The first kappa shape index (κ1) is 25.6. The van der Waals surface area contributed by atoms with Gasteiger partial charge in [-0.15, -0.1) is 0 Å². The SMILES string of the molecule is CC(C)(C)S(=O)(=O)CC(O)(C(=O)Nc1ccc(C#N)c(Cl)c1)c1cccc(C(F)(F)F)c1. The number of sulfone groups is 1. The molecule has 0 saturated heterocycles. The summed E-state index contributed by atoms with van der Waals surface area (Å²) >= 11 is 5.92. The highest BCUT2D eigenvalue weighted by atomic mass is 35.5. The summed E-state index contributed by atoms with van der Waals surface area (Å²) < 4.78 is 63.8. The van der Waals surface area contributed by atoms with Gasteiger partial charge in [0.05, 0.1) is 26.6 Å². The van der Waals surface area contributed by atoms with Gasteiger partial charge in [0.2, 0.25) is 0 Å². The largest absolute Gasteiger partial charge is 0.416 e. The van der Waals surface area contributed by atoms with Gasteiger partial charge in [-0.25, -0.2) is 8.42 Å². The highest BCUT2D eigenvalue weighted by Gasteiger charge is 2.46. The number of hydrogen-bond donors (Lipinski definition) is 2. The molecule has 2 N–H and O–H groups in total. The third-order valence-electron chi connectivity index (χ3n) is 4.72. The zero-order valence-corrected chi connectivity index (χ0v) is 18.9. The standard InChI is InChI=1S/C21H20ClF3N2O4S/c1-19(2,3)32(30,31)12-20(29,14-5-4-6-15(9-14)21(23,24)25)18(28)27-16-8-7-13(11-26)17(22)10-16/h4-10,29H,12H2,1-3H3,(H,27,28). The minimum atomic E-state index is -4.78. The molecule has 172 valence electrons. The fraction of sp³-hybridized carbons (Fsp3) is 0.333. The maximum absolute atomic E-state index is 13.2. The fourth-order valence-electron chi connectivity index (χ4n) is 2.64. The van der Waals surface area contributed by atoms with Gasteiger partial charge in [-0.1, -0.05) is 23.7 Å². The van der Waals surface area contributed by atoms with Crippen molar-refractivity contribution < 1.29 is 31.5 Å². The summed E-state index contributed by atoms with van der Waals surface area (Å²) in [6, 6.07) is 8.87. The topological polar surface area (TPSA) is 107 Å². The molecular formula is C21H20ClF3N2O4S. The van der Waals surface area contributed by atoms with Crippen LogP contribution in [0.15, 0.2) is 42.5 Å². The number of rotatable bonds is 5. The summed E-state index contributed by atoms with van der Waals surface area (Å²) in [7, 11) is -4.17. The Balaban J connectivity index is 2.60. The zero-order valence-electron chi connectivity index (χ0n) is 17.3. The van der Waals surface area contributed by atoms with Gasteiger partial charge in [-0.05, 0) is 56.7 Å². The fourth-order valence-corrected chi connectivity index (χ4v) is 4.15. The monoisotopic (exact) mass is 488 g/mol. The molecule has 1 unspecified atom stereocenters. The molecule has 0 aliphatic rings. The number of carbonyl (C=O) groups excluding carboxylic acids is 1. The Kier molecular flexibility index (Phi) is 7.00. The van der Waals surface area contributed by atoms with Crippen molar-refractivity contribution >= 4 is 33.0 Å². The Hall–Kier alpha value is -2.61. The number of nitrogens with one attached hydrogen (secondary N) is 1. The Morgan fingerprint density at radius 3 is 2.22 bits per heavy atom. The minimum Gasteiger partial charge on any atom is -0.374 e. The number of nitrogens with zero attached hydrogens (tertiary/aromatic N) is 1. The van der Waals surface area contributed by atoms with Gasteiger partial charge in [0.25, 0.3) is 5.91 Å². The summed E-state index contributed by atoms with van der Waals surface area (Å²) in [4.78, 5) is 13.1. The van der Waals surface area contributed by atoms with Crippen molar-refractivity contribution in [1.29, 1.82) is 5.26 Å². The van der Waals surface area contributed by atoms with Crippen molar-refractivity contribution in [3.05, 3.63) is 64.2 Å². The average molecular weight is 489 g/mol. The molecule has 2 aromatic rings. The molecule has 0 aromatic heterocycles. The van der Waals surface area contributed by atoms with Crippen LogP contribution >= 0.6 is 11.6 Å². The lowest BCUT2D eigenvalue weighted by atomic mass is 9.93. The van der Waals surface area contributed by atoms with Crippen LogP contribution in [0.25, 0.3) is 0 Å². The number of halogens is 4. The highest BCUT2D eigenvalue weighted by molar-refractivity contribution is 7.92. The van der Waals surface area contributed by atoms with Gasteiger partial charge >= 0.3 is 6.18 Å². The molecule has 0 radical (unpaired) electrons. The summed E-state index contributed by atoms with van der Waals surface area (Å²) in [6.07, 6.45) is -4.78. The van der Waals surface area contributed by atoms with Crippen LogP contribution in [0.5, 0.6) is 0 Å². The van der Waals surface area contributed by atoms with Crippen molar-refractivity contribution in [2.45, 2.75) is 37.3 Å². The Morgan fingerprint density at radius 1 is 1.12 bits per heavy atom. The minimum absolute atomic E-state index is 0.0116. The van der Waals surface area contributed by atoms with Crippen molar-refractivity contribution in [3.63, 3.8) is 0 Å². The molecule has 32 heavy (non-hydrogen) atoms.